The average Bonchev–Trinajstić information content (AvgIpc) is 3.04. The summed E-state index contributed by atoms with van der Waals surface area (Å²) in [6.45, 7) is 0. The van der Waals surface area contributed by atoms with Gasteiger partial charge in [-0.15, -0.1) is 0 Å². The second-order valence-electron chi connectivity index (χ2n) is 10.2. The first-order valence-corrected chi connectivity index (χ1v) is 13.6. The number of rotatable bonds is 3. The van der Waals surface area contributed by atoms with Gasteiger partial charge in [-0.2, -0.15) is 0 Å². The molecule has 1 heterocycles. The molecule has 0 radical (unpaired) electrons. The SMILES string of the molecule is c1ccc(-c2ncc(-c3c4ccccc4c(-c4ccc5ccc6ccccc6c5c4)c4ccccc34)cn2)cc1. The summed E-state index contributed by atoms with van der Waals surface area (Å²) in [5.41, 5.74) is 5.68. The first kappa shape index (κ1) is 22.6. The summed E-state index contributed by atoms with van der Waals surface area (Å²) in [6.07, 6.45) is 3.93. The fraction of sp³-hybridized carbons (Fsp3) is 0. The lowest BCUT2D eigenvalue weighted by Crippen LogP contribution is -1.93. The maximum Gasteiger partial charge on any atom is 0.159 e. The van der Waals surface area contributed by atoms with E-state index in [-0.39, 0.29) is 0 Å². The van der Waals surface area contributed by atoms with Crippen molar-refractivity contribution in [3.05, 3.63) is 146 Å². The minimum Gasteiger partial charge on any atom is -0.236 e. The van der Waals surface area contributed by atoms with Crippen molar-refractivity contribution < 1.29 is 0 Å². The third kappa shape index (κ3) is 3.58. The first-order valence-electron chi connectivity index (χ1n) is 13.6. The second-order valence-corrected chi connectivity index (χ2v) is 10.2. The van der Waals surface area contributed by atoms with Crippen LogP contribution in [-0.2, 0) is 0 Å². The van der Waals surface area contributed by atoms with Crippen LogP contribution in [0.25, 0.3) is 76.7 Å². The maximum atomic E-state index is 4.77. The molecule has 8 rings (SSSR count). The Morgan fingerprint density at radius 2 is 0.800 bits per heavy atom. The zero-order valence-electron chi connectivity index (χ0n) is 21.8. The molecule has 8 aromatic rings. The Hall–Kier alpha value is -5.34. The van der Waals surface area contributed by atoms with Gasteiger partial charge in [0.15, 0.2) is 5.82 Å². The minimum atomic E-state index is 0.734. The fourth-order valence-corrected chi connectivity index (χ4v) is 6.10. The number of hydrogen-bond acceptors (Lipinski definition) is 2. The van der Waals surface area contributed by atoms with E-state index in [1.54, 1.807) is 0 Å². The van der Waals surface area contributed by atoms with Crippen molar-refractivity contribution in [1.82, 2.24) is 9.97 Å². The largest absolute Gasteiger partial charge is 0.236 e. The van der Waals surface area contributed by atoms with Gasteiger partial charge >= 0.3 is 0 Å². The molecule has 0 aliphatic rings. The van der Waals surface area contributed by atoms with Crippen LogP contribution < -0.4 is 0 Å². The molecule has 0 unspecified atom stereocenters. The van der Waals surface area contributed by atoms with E-state index in [9.17, 15) is 0 Å². The number of nitrogens with zero attached hydrogens (tertiary/aromatic N) is 2. The van der Waals surface area contributed by atoms with Gasteiger partial charge in [-0.3, -0.25) is 0 Å². The highest BCUT2D eigenvalue weighted by Crippen LogP contribution is 2.44. The van der Waals surface area contributed by atoms with Crippen molar-refractivity contribution in [2.24, 2.45) is 0 Å². The Morgan fingerprint density at radius 1 is 0.325 bits per heavy atom. The monoisotopic (exact) mass is 508 g/mol. The van der Waals surface area contributed by atoms with E-state index in [4.69, 9.17) is 9.97 Å². The zero-order chi connectivity index (χ0) is 26.5. The van der Waals surface area contributed by atoms with E-state index in [0.717, 1.165) is 17.0 Å². The molecular weight excluding hydrogens is 484 g/mol. The predicted octanol–water partition coefficient (Wildman–Crippen LogP) is 10.1. The molecule has 0 bridgehead atoms. The Kier molecular flexibility index (Phi) is 5.17. The van der Waals surface area contributed by atoms with Crippen molar-refractivity contribution in [2.75, 3.05) is 0 Å². The van der Waals surface area contributed by atoms with Crippen LogP contribution in [0.5, 0.6) is 0 Å². The Bertz CT molecular complexity index is 2140. The maximum absolute atomic E-state index is 4.77. The van der Waals surface area contributed by atoms with Crippen LogP contribution in [-0.4, -0.2) is 9.97 Å². The standard InChI is InChI=1S/C38H24N2/c1-2-11-27(12-3-1)38-39-23-29(24-40-38)37-33-16-8-6-14-31(33)36(32-15-7-9-17-34(32)37)28-21-20-26-19-18-25-10-4-5-13-30(25)35(26)22-28/h1-24H. The molecule has 2 nitrogen and oxygen atoms in total. The molecule has 0 fully saturated rings. The van der Waals surface area contributed by atoms with Crippen LogP contribution in [0.1, 0.15) is 0 Å². The van der Waals surface area contributed by atoms with E-state index < -0.39 is 0 Å². The molecule has 0 spiro atoms. The minimum absolute atomic E-state index is 0.734. The summed E-state index contributed by atoms with van der Waals surface area (Å²) >= 11 is 0. The second kappa shape index (κ2) is 9.14. The lowest BCUT2D eigenvalue weighted by atomic mass is 9.86. The van der Waals surface area contributed by atoms with Gasteiger partial charge in [0.05, 0.1) is 0 Å². The molecule has 0 saturated heterocycles. The number of benzene rings is 7. The summed E-state index contributed by atoms with van der Waals surface area (Å²) in [4.78, 5) is 9.54. The molecule has 2 heteroatoms. The highest BCUT2D eigenvalue weighted by atomic mass is 14.9. The molecule has 7 aromatic carbocycles. The van der Waals surface area contributed by atoms with Crippen molar-refractivity contribution >= 4 is 43.1 Å². The normalized spacial score (nSPS) is 11.5. The topological polar surface area (TPSA) is 25.8 Å². The molecule has 0 saturated carbocycles. The molecule has 0 atom stereocenters. The molecule has 0 aliphatic heterocycles. The molecule has 186 valence electrons. The molecule has 0 amide bonds. The van der Waals surface area contributed by atoms with Gasteiger partial charge in [0, 0.05) is 29.1 Å². The molecule has 0 aliphatic carbocycles. The number of fused-ring (bicyclic) bond motifs is 5. The van der Waals surface area contributed by atoms with Gasteiger partial charge in [-0.25, -0.2) is 9.97 Å². The Morgan fingerprint density at radius 3 is 1.43 bits per heavy atom. The van der Waals surface area contributed by atoms with Gasteiger partial charge in [0.25, 0.3) is 0 Å². The van der Waals surface area contributed by atoms with E-state index >= 15 is 0 Å². The van der Waals surface area contributed by atoms with Crippen LogP contribution in [0.3, 0.4) is 0 Å². The number of aromatic nitrogens is 2. The van der Waals surface area contributed by atoms with E-state index in [1.165, 1.54) is 59.8 Å². The van der Waals surface area contributed by atoms with Crippen LogP contribution in [0.4, 0.5) is 0 Å². The van der Waals surface area contributed by atoms with E-state index in [0.29, 0.717) is 0 Å². The number of hydrogen-bond donors (Lipinski definition) is 0. The van der Waals surface area contributed by atoms with Crippen molar-refractivity contribution in [3.8, 4) is 33.6 Å². The highest BCUT2D eigenvalue weighted by molar-refractivity contribution is 6.22. The third-order valence-electron chi connectivity index (χ3n) is 7.94. The molecular formula is C38H24N2. The third-order valence-corrected chi connectivity index (χ3v) is 7.94. The van der Waals surface area contributed by atoms with Crippen LogP contribution >= 0.6 is 0 Å². The van der Waals surface area contributed by atoms with Gasteiger partial charge < -0.3 is 0 Å². The summed E-state index contributed by atoms with van der Waals surface area (Å²) in [5, 5.41) is 9.92. The molecule has 40 heavy (non-hydrogen) atoms. The van der Waals surface area contributed by atoms with Crippen molar-refractivity contribution in [2.45, 2.75) is 0 Å². The van der Waals surface area contributed by atoms with E-state index in [2.05, 4.69) is 103 Å². The fourth-order valence-electron chi connectivity index (χ4n) is 6.10. The summed E-state index contributed by atoms with van der Waals surface area (Å²) in [5.74, 6) is 0.734. The quantitative estimate of drug-likeness (QED) is 0.175. The van der Waals surface area contributed by atoms with E-state index in [1.807, 2.05) is 42.7 Å². The smallest absolute Gasteiger partial charge is 0.159 e. The highest BCUT2D eigenvalue weighted by Gasteiger charge is 2.17. The molecule has 1 aromatic heterocycles. The van der Waals surface area contributed by atoms with Gasteiger partial charge in [-0.05, 0) is 60.3 Å². The lowest BCUT2D eigenvalue weighted by Gasteiger charge is -2.18. The molecule has 0 N–H and O–H groups in total. The van der Waals surface area contributed by atoms with Gasteiger partial charge in [-0.1, -0.05) is 127 Å². The van der Waals surface area contributed by atoms with Crippen molar-refractivity contribution in [3.63, 3.8) is 0 Å². The Labute approximate surface area is 232 Å². The van der Waals surface area contributed by atoms with Crippen LogP contribution in [0.2, 0.25) is 0 Å². The van der Waals surface area contributed by atoms with Crippen LogP contribution in [0, 0.1) is 0 Å². The Balaban J connectivity index is 1.40. The van der Waals surface area contributed by atoms with Crippen LogP contribution in [0.15, 0.2) is 146 Å². The van der Waals surface area contributed by atoms with Gasteiger partial charge in [0.1, 0.15) is 0 Å². The van der Waals surface area contributed by atoms with Crippen molar-refractivity contribution in [1.29, 1.82) is 0 Å². The summed E-state index contributed by atoms with van der Waals surface area (Å²) in [7, 11) is 0. The predicted molar refractivity (Wildman–Crippen MR) is 168 cm³/mol. The average molecular weight is 509 g/mol. The lowest BCUT2D eigenvalue weighted by molar-refractivity contribution is 1.18. The summed E-state index contributed by atoms with van der Waals surface area (Å²) < 4.78 is 0. The van der Waals surface area contributed by atoms with Gasteiger partial charge in [0.2, 0.25) is 0 Å². The summed E-state index contributed by atoms with van der Waals surface area (Å²) in [6, 6.07) is 47.5. The first-order chi connectivity index (χ1) is 19.8. The zero-order valence-corrected chi connectivity index (χ0v) is 21.8.